The molecule has 0 atom stereocenters. The number of nitrogens with one attached hydrogen (secondary N) is 2. The Kier molecular flexibility index (Phi) is 3.95. The summed E-state index contributed by atoms with van der Waals surface area (Å²) in [5.74, 6) is -0.633. The van der Waals surface area contributed by atoms with Crippen molar-refractivity contribution in [2.24, 2.45) is 0 Å². The van der Waals surface area contributed by atoms with E-state index in [1.54, 1.807) is 35.6 Å². The summed E-state index contributed by atoms with van der Waals surface area (Å²) in [4.78, 5) is 52.2. The van der Waals surface area contributed by atoms with E-state index >= 15 is 0 Å². The van der Waals surface area contributed by atoms with E-state index in [0.29, 0.717) is 33.4 Å². The molecule has 4 amide bonds. The van der Waals surface area contributed by atoms with Crippen molar-refractivity contribution >= 4 is 75.4 Å². The number of imide groups is 2. The van der Waals surface area contributed by atoms with Crippen molar-refractivity contribution in [2.75, 3.05) is 5.75 Å². The summed E-state index contributed by atoms with van der Waals surface area (Å²) in [6.45, 7) is 0. The van der Waals surface area contributed by atoms with Crippen LogP contribution in [0.4, 0.5) is 0 Å². The van der Waals surface area contributed by atoms with Gasteiger partial charge in [0.1, 0.15) is 0 Å². The minimum absolute atomic E-state index is 0.363. The van der Waals surface area contributed by atoms with E-state index < -0.39 is 38.6 Å². The van der Waals surface area contributed by atoms with Crippen LogP contribution in [-0.4, -0.2) is 48.1 Å². The van der Waals surface area contributed by atoms with Gasteiger partial charge in [-0.15, -0.1) is 0 Å². The third-order valence-electron chi connectivity index (χ3n) is 6.19. The Morgan fingerprint density at radius 3 is 2.00 bits per heavy atom. The first-order valence-electron chi connectivity index (χ1n) is 10.2. The quantitative estimate of drug-likeness (QED) is 0.394. The van der Waals surface area contributed by atoms with Crippen LogP contribution in [0.5, 0.6) is 0 Å². The van der Waals surface area contributed by atoms with Crippen molar-refractivity contribution in [3.8, 4) is 21.6 Å². The number of hydrogen-bond acceptors (Lipinski definition) is 6. The SMILES string of the molecule is O=C1NC(=O)c2c1cccc2-c1sc2[c](c1-c1cccc3c1C(=O)NC3=O)[Ge]=[C]1SCC=C12. The van der Waals surface area contributed by atoms with Crippen LogP contribution in [0.1, 0.15) is 46.3 Å². The van der Waals surface area contributed by atoms with Crippen LogP contribution in [0.15, 0.2) is 42.5 Å². The molecule has 2 N–H and O–H groups in total. The van der Waals surface area contributed by atoms with Gasteiger partial charge in [-0.2, -0.15) is 0 Å². The van der Waals surface area contributed by atoms with Crippen LogP contribution in [0, 0.1) is 0 Å². The Balaban J connectivity index is 1.58. The van der Waals surface area contributed by atoms with Gasteiger partial charge in [0, 0.05) is 0 Å². The molecule has 0 unspecified atom stereocenters. The monoisotopic (exact) mass is 529 g/mol. The molecule has 0 bridgehead atoms. The Morgan fingerprint density at radius 2 is 1.30 bits per heavy atom. The zero-order valence-corrected chi connectivity index (χ0v) is 20.4. The second-order valence-electron chi connectivity index (χ2n) is 7.92. The van der Waals surface area contributed by atoms with Crippen LogP contribution in [0.2, 0.25) is 0 Å². The maximum atomic E-state index is 12.8. The fourth-order valence-electron chi connectivity index (χ4n) is 4.81. The van der Waals surface area contributed by atoms with Crippen molar-refractivity contribution in [3.05, 3.63) is 69.6 Å². The number of carbonyl (C=O) groups is 4. The van der Waals surface area contributed by atoms with E-state index in [0.717, 1.165) is 16.2 Å². The Morgan fingerprint density at radius 1 is 0.697 bits per heavy atom. The average molecular weight is 528 g/mol. The molecule has 7 rings (SSSR count). The number of fused-ring (bicyclic) bond motifs is 5. The third-order valence-corrected chi connectivity index (χ3v) is 12.7. The van der Waals surface area contributed by atoms with Gasteiger partial charge >= 0.3 is 202 Å². The summed E-state index contributed by atoms with van der Waals surface area (Å²) in [5.41, 5.74) is 5.07. The normalized spacial score (nSPS) is 17.3. The van der Waals surface area contributed by atoms with Crippen LogP contribution in [0.3, 0.4) is 0 Å². The van der Waals surface area contributed by atoms with Gasteiger partial charge in [-0.3, -0.25) is 0 Å². The first kappa shape index (κ1) is 19.4. The van der Waals surface area contributed by atoms with Crippen molar-refractivity contribution in [1.29, 1.82) is 0 Å². The van der Waals surface area contributed by atoms with Gasteiger partial charge in [0.05, 0.1) is 0 Å². The van der Waals surface area contributed by atoms with Crippen molar-refractivity contribution in [3.63, 3.8) is 0 Å². The minimum atomic E-state index is -0.628. The van der Waals surface area contributed by atoms with Crippen molar-refractivity contribution < 1.29 is 19.2 Å². The summed E-state index contributed by atoms with van der Waals surface area (Å²) in [5, 5.41) is 4.81. The number of amides is 4. The molecule has 4 aliphatic heterocycles. The molecule has 9 heteroatoms. The molecule has 33 heavy (non-hydrogen) atoms. The van der Waals surface area contributed by atoms with Crippen LogP contribution >= 0.6 is 23.1 Å². The third kappa shape index (κ3) is 2.54. The van der Waals surface area contributed by atoms with Gasteiger partial charge in [0.2, 0.25) is 0 Å². The molecule has 4 aliphatic rings. The average Bonchev–Trinajstić information content (AvgIpc) is 3.58. The molecule has 0 saturated carbocycles. The Bertz CT molecular complexity index is 1600. The van der Waals surface area contributed by atoms with Gasteiger partial charge in [-0.25, -0.2) is 0 Å². The summed E-state index contributed by atoms with van der Waals surface area (Å²) in [6.07, 6.45) is 2.25. The molecule has 1 aromatic heterocycles. The van der Waals surface area contributed by atoms with Gasteiger partial charge < -0.3 is 0 Å². The van der Waals surface area contributed by atoms with E-state index in [1.165, 1.54) is 18.5 Å². The molecule has 5 heterocycles. The molecular weight excluding hydrogens is 517 g/mol. The predicted molar refractivity (Wildman–Crippen MR) is 130 cm³/mol. The van der Waals surface area contributed by atoms with Gasteiger partial charge in [-0.05, 0) is 0 Å². The number of thiophene rings is 1. The summed E-state index contributed by atoms with van der Waals surface area (Å²) in [7, 11) is 0. The number of benzene rings is 2. The first-order valence-corrected chi connectivity index (χ1v) is 14.1. The van der Waals surface area contributed by atoms with E-state index in [-0.39, 0.29) is 0 Å². The van der Waals surface area contributed by atoms with E-state index in [4.69, 9.17) is 0 Å². The Labute approximate surface area is 201 Å². The van der Waals surface area contributed by atoms with Gasteiger partial charge in [0.15, 0.2) is 0 Å². The fraction of sp³-hybridized carbons (Fsp3) is 0.0417. The molecule has 6 nitrogen and oxygen atoms in total. The second kappa shape index (κ2) is 6.72. The molecule has 0 saturated heterocycles. The van der Waals surface area contributed by atoms with Crippen LogP contribution in [0.25, 0.3) is 27.1 Å². The molecule has 1 radical (unpaired) electrons. The second-order valence-corrected chi connectivity index (χ2v) is 13.3. The standard InChI is InChI=1S/C24H11GeN2O4S2/c28-21-11-5-1-3-9(14(11)23(30)26-21)16-17-19(13-7-8-32-20(13)25-17)33-18(16)10-4-2-6-12-15(10)24(31)27-22(12)29/h1-7H,8H2,(H,26,28,30)(H,27,29,31). The van der Waals surface area contributed by atoms with Crippen LogP contribution in [-0.2, 0) is 0 Å². The van der Waals surface area contributed by atoms with Gasteiger partial charge in [-0.1, -0.05) is 0 Å². The number of thioether (sulfide) groups is 1. The molecule has 157 valence electrons. The number of rotatable bonds is 2. The number of carbonyl (C=O) groups excluding carboxylic acids is 4. The fourth-order valence-corrected chi connectivity index (χ4v) is 12.0. The topological polar surface area (TPSA) is 92.3 Å². The van der Waals surface area contributed by atoms with Crippen molar-refractivity contribution in [2.45, 2.75) is 0 Å². The Hall–Kier alpha value is -3.08. The predicted octanol–water partition coefficient (Wildman–Crippen LogP) is 2.45. The van der Waals surface area contributed by atoms with Crippen molar-refractivity contribution in [1.82, 2.24) is 10.6 Å². The maximum absolute atomic E-state index is 12.8. The molecule has 0 spiro atoms. The molecular formula is C24H11GeN2O4S2. The van der Waals surface area contributed by atoms with E-state index in [9.17, 15) is 19.2 Å². The summed E-state index contributed by atoms with van der Waals surface area (Å²) < 4.78 is 2.66. The van der Waals surface area contributed by atoms with Crippen LogP contribution < -0.4 is 15.0 Å². The summed E-state index contributed by atoms with van der Waals surface area (Å²) >= 11 is 2.85. The molecule has 3 aromatic rings. The van der Waals surface area contributed by atoms with Gasteiger partial charge in [0.25, 0.3) is 0 Å². The van der Waals surface area contributed by atoms with E-state index in [1.807, 2.05) is 23.9 Å². The van der Waals surface area contributed by atoms with E-state index in [2.05, 4.69) is 16.7 Å². The number of hydrogen-bond donors (Lipinski definition) is 2. The molecule has 0 aliphatic carbocycles. The first-order chi connectivity index (χ1) is 16.0. The molecule has 0 fully saturated rings. The summed E-state index contributed by atoms with van der Waals surface area (Å²) in [6, 6.07) is 10.6. The zero-order chi connectivity index (χ0) is 22.4. The molecule has 2 aromatic carbocycles. The zero-order valence-electron chi connectivity index (χ0n) is 16.7.